The van der Waals surface area contributed by atoms with Crippen LogP contribution in [0.1, 0.15) is 68.7 Å². The van der Waals surface area contributed by atoms with E-state index in [2.05, 4.69) is 21.1 Å². The zero-order valence-electron chi connectivity index (χ0n) is 21.0. The van der Waals surface area contributed by atoms with Crippen LogP contribution in [0.15, 0.2) is 53.4 Å². The molecule has 198 valence electrons. The van der Waals surface area contributed by atoms with Gasteiger partial charge in [0.25, 0.3) is 0 Å². The highest BCUT2D eigenvalue weighted by Gasteiger charge is 2.30. The van der Waals surface area contributed by atoms with Crippen LogP contribution in [0, 0.1) is 11.7 Å². The smallest absolute Gasteiger partial charge is 0.240 e. The van der Waals surface area contributed by atoms with Crippen LogP contribution < -0.4 is 10.0 Å². The lowest BCUT2D eigenvalue weighted by molar-refractivity contribution is -0.126. The number of carbonyl (C=O) groups is 1. The maximum Gasteiger partial charge on any atom is 0.240 e. The first kappa shape index (κ1) is 25.9. The van der Waals surface area contributed by atoms with Crippen molar-refractivity contribution < 1.29 is 22.3 Å². The summed E-state index contributed by atoms with van der Waals surface area (Å²) in [5.74, 6) is -0.110. The van der Waals surface area contributed by atoms with Gasteiger partial charge in [0.2, 0.25) is 15.9 Å². The predicted molar refractivity (Wildman–Crippen MR) is 140 cm³/mol. The number of hydrogen-bond donors (Lipinski definition) is 3. The van der Waals surface area contributed by atoms with Gasteiger partial charge in [-0.05, 0) is 87.4 Å². The van der Waals surface area contributed by atoms with Crippen LogP contribution in [0.4, 0.5) is 4.39 Å². The Kier molecular flexibility index (Phi) is 7.65. The van der Waals surface area contributed by atoms with E-state index in [0.717, 1.165) is 48.2 Å². The summed E-state index contributed by atoms with van der Waals surface area (Å²) in [6.45, 7) is 3.38. The molecule has 1 aromatic heterocycles. The number of aromatic amines is 1. The molecule has 5 rings (SSSR count). The van der Waals surface area contributed by atoms with Crippen LogP contribution >= 0.6 is 0 Å². The lowest BCUT2D eigenvalue weighted by Gasteiger charge is -2.29. The van der Waals surface area contributed by atoms with Gasteiger partial charge in [0.05, 0.1) is 10.9 Å². The summed E-state index contributed by atoms with van der Waals surface area (Å²) < 4.78 is 47.8. The Balaban J connectivity index is 1.17. The van der Waals surface area contributed by atoms with E-state index >= 15 is 0 Å². The number of hydrogen-bond acceptors (Lipinski definition) is 4. The normalized spacial score (nSPS) is 22.1. The third-order valence-electron chi connectivity index (χ3n) is 7.73. The maximum absolute atomic E-state index is 13.2. The van der Waals surface area contributed by atoms with Gasteiger partial charge in [-0.1, -0.05) is 12.1 Å². The maximum atomic E-state index is 13.2. The van der Waals surface area contributed by atoms with E-state index in [1.165, 1.54) is 12.1 Å². The molecule has 2 fully saturated rings. The number of aromatic nitrogens is 1. The molecule has 2 aliphatic rings. The molecule has 1 aliphatic heterocycles. The van der Waals surface area contributed by atoms with Gasteiger partial charge in [0, 0.05) is 47.7 Å². The van der Waals surface area contributed by atoms with Crippen molar-refractivity contribution in [2.75, 3.05) is 13.2 Å². The van der Waals surface area contributed by atoms with E-state index in [0.29, 0.717) is 31.6 Å². The predicted octanol–water partition coefficient (Wildman–Crippen LogP) is 4.92. The third-order valence-corrected chi connectivity index (χ3v) is 9.25. The minimum absolute atomic E-state index is 0.0450. The van der Waals surface area contributed by atoms with Gasteiger partial charge >= 0.3 is 0 Å². The Hall–Kier alpha value is -2.75. The van der Waals surface area contributed by atoms with Gasteiger partial charge in [0.1, 0.15) is 5.82 Å². The number of carbonyl (C=O) groups excluding carboxylic acids is 1. The molecule has 1 aliphatic carbocycles. The first-order chi connectivity index (χ1) is 17.8. The molecule has 0 spiro atoms. The van der Waals surface area contributed by atoms with Crippen LogP contribution in [0.25, 0.3) is 10.9 Å². The van der Waals surface area contributed by atoms with E-state index in [-0.39, 0.29) is 34.6 Å². The Bertz CT molecular complexity index is 1340. The van der Waals surface area contributed by atoms with Gasteiger partial charge in [-0.2, -0.15) is 0 Å². The van der Waals surface area contributed by atoms with Crippen molar-refractivity contribution in [2.45, 2.75) is 68.3 Å². The molecule has 2 aromatic carbocycles. The second kappa shape index (κ2) is 10.9. The minimum Gasteiger partial charge on any atom is -0.381 e. The van der Waals surface area contributed by atoms with E-state index in [1.54, 1.807) is 24.3 Å². The Morgan fingerprint density at radius 2 is 1.70 bits per heavy atom. The van der Waals surface area contributed by atoms with E-state index in [4.69, 9.17) is 4.74 Å². The summed E-state index contributed by atoms with van der Waals surface area (Å²) >= 11 is 0. The monoisotopic (exact) mass is 527 g/mol. The average Bonchev–Trinajstić information content (AvgIpc) is 3.33. The molecule has 2 heterocycles. The number of benzene rings is 2. The fourth-order valence-electron chi connectivity index (χ4n) is 5.46. The number of amides is 1. The van der Waals surface area contributed by atoms with Gasteiger partial charge < -0.3 is 15.0 Å². The molecule has 1 atom stereocenters. The molecule has 1 saturated carbocycles. The first-order valence-electron chi connectivity index (χ1n) is 13.1. The van der Waals surface area contributed by atoms with Crippen molar-refractivity contribution in [1.82, 2.24) is 15.0 Å². The van der Waals surface area contributed by atoms with Gasteiger partial charge in [-0.15, -0.1) is 0 Å². The molecule has 0 radical (unpaired) electrons. The minimum atomic E-state index is -3.68. The third kappa shape index (κ3) is 6.05. The average molecular weight is 528 g/mol. The van der Waals surface area contributed by atoms with Crippen LogP contribution in [0.2, 0.25) is 0 Å². The second-order valence-electron chi connectivity index (χ2n) is 10.3. The fraction of sp³-hybridized carbons (Fsp3) is 0.464. The van der Waals surface area contributed by atoms with Crippen LogP contribution in [0.5, 0.6) is 0 Å². The van der Waals surface area contributed by atoms with Crippen molar-refractivity contribution in [3.8, 4) is 0 Å². The molecule has 7 nitrogen and oxygen atoms in total. The zero-order chi connectivity index (χ0) is 26.0. The van der Waals surface area contributed by atoms with E-state index in [1.807, 2.05) is 13.0 Å². The van der Waals surface area contributed by atoms with Crippen LogP contribution in [-0.4, -0.2) is 38.6 Å². The largest absolute Gasteiger partial charge is 0.381 e. The number of nitrogens with one attached hydrogen (secondary N) is 3. The quantitative estimate of drug-likeness (QED) is 0.406. The van der Waals surface area contributed by atoms with Crippen molar-refractivity contribution in [3.63, 3.8) is 0 Å². The van der Waals surface area contributed by atoms with E-state index in [9.17, 15) is 17.6 Å². The van der Waals surface area contributed by atoms with Gasteiger partial charge in [-0.25, -0.2) is 17.5 Å². The van der Waals surface area contributed by atoms with Crippen molar-refractivity contribution in [3.05, 3.63) is 65.6 Å². The SMILES string of the molecule is C[C@@H](NC(=O)C1CCC(NS(=O)(=O)c2ccc3[nH]c(C4CCOCC4)cc3c2)CC1)c1ccc(F)cc1. The molecular formula is C28H34FN3O4S. The highest BCUT2D eigenvalue weighted by atomic mass is 32.2. The van der Waals surface area contributed by atoms with Gasteiger partial charge in [0.15, 0.2) is 0 Å². The van der Waals surface area contributed by atoms with Crippen molar-refractivity contribution in [1.29, 1.82) is 0 Å². The summed E-state index contributed by atoms with van der Waals surface area (Å²) in [4.78, 5) is 16.5. The zero-order valence-corrected chi connectivity index (χ0v) is 21.8. The molecule has 3 aromatic rings. The highest BCUT2D eigenvalue weighted by molar-refractivity contribution is 7.89. The number of H-pyrrole nitrogens is 1. The first-order valence-corrected chi connectivity index (χ1v) is 14.6. The fourth-order valence-corrected chi connectivity index (χ4v) is 6.80. The number of sulfonamides is 1. The summed E-state index contributed by atoms with van der Waals surface area (Å²) in [6.07, 6.45) is 4.35. The highest BCUT2D eigenvalue weighted by Crippen LogP contribution is 2.31. The molecule has 1 saturated heterocycles. The lowest BCUT2D eigenvalue weighted by Crippen LogP contribution is -2.41. The Morgan fingerprint density at radius 1 is 1.00 bits per heavy atom. The number of ether oxygens (including phenoxy) is 1. The summed E-state index contributed by atoms with van der Waals surface area (Å²) in [5.41, 5.74) is 2.91. The Morgan fingerprint density at radius 3 is 2.41 bits per heavy atom. The number of rotatable bonds is 7. The topological polar surface area (TPSA) is 100 Å². The number of fused-ring (bicyclic) bond motifs is 1. The Labute approximate surface area is 217 Å². The molecule has 0 unspecified atom stereocenters. The molecule has 0 bridgehead atoms. The van der Waals surface area contributed by atoms with Gasteiger partial charge in [-0.3, -0.25) is 4.79 Å². The van der Waals surface area contributed by atoms with Crippen LogP contribution in [-0.2, 0) is 19.6 Å². The molecule has 37 heavy (non-hydrogen) atoms. The summed E-state index contributed by atoms with van der Waals surface area (Å²) in [7, 11) is -3.68. The summed E-state index contributed by atoms with van der Waals surface area (Å²) in [6, 6.07) is 12.9. The molecule has 3 N–H and O–H groups in total. The standard InChI is InChI=1S/C28H34FN3O4S/c1-18(19-2-6-23(29)7-3-19)30-28(33)21-4-8-24(9-5-21)32-37(34,35)25-10-11-26-22(16-25)17-27(31-26)20-12-14-36-15-13-20/h2-3,6-7,10-11,16-18,20-21,24,31-32H,4-5,8-9,12-15H2,1H3,(H,30,33)/t18-,21?,24?/m1/s1. The van der Waals surface area contributed by atoms with E-state index < -0.39 is 10.0 Å². The molecule has 9 heteroatoms. The second-order valence-corrected chi connectivity index (χ2v) is 12.0. The number of halogens is 1. The van der Waals surface area contributed by atoms with Crippen molar-refractivity contribution in [2.24, 2.45) is 5.92 Å². The lowest BCUT2D eigenvalue weighted by atomic mass is 9.85. The summed E-state index contributed by atoms with van der Waals surface area (Å²) in [5, 5.41) is 3.90. The molecule has 1 amide bonds. The van der Waals surface area contributed by atoms with Crippen molar-refractivity contribution >= 4 is 26.8 Å². The molecular weight excluding hydrogens is 493 g/mol. The van der Waals surface area contributed by atoms with Crippen LogP contribution in [0.3, 0.4) is 0 Å².